The maximum absolute atomic E-state index is 12.2. The van der Waals surface area contributed by atoms with Crippen molar-refractivity contribution in [1.29, 1.82) is 0 Å². The second-order valence-corrected chi connectivity index (χ2v) is 3.47. The molecule has 0 spiro atoms. The number of alkyl halides is 3. The highest BCUT2D eigenvalue weighted by molar-refractivity contribution is 5.09. The van der Waals surface area contributed by atoms with Crippen molar-refractivity contribution in [3.8, 4) is 0 Å². The van der Waals surface area contributed by atoms with Crippen LogP contribution in [0.3, 0.4) is 0 Å². The van der Waals surface area contributed by atoms with Gasteiger partial charge in [0.25, 0.3) is 0 Å². The number of aromatic nitrogens is 1. The van der Waals surface area contributed by atoms with E-state index in [9.17, 15) is 13.2 Å². The lowest BCUT2D eigenvalue weighted by atomic mass is 10.2. The predicted molar refractivity (Wildman–Crippen MR) is 54.6 cm³/mol. The van der Waals surface area contributed by atoms with Gasteiger partial charge in [-0.25, -0.2) is 0 Å². The van der Waals surface area contributed by atoms with Gasteiger partial charge in [0.1, 0.15) is 0 Å². The molecule has 0 aliphatic carbocycles. The van der Waals surface area contributed by atoms with E-state index in [0.29, 0.717) is 0 Å². The zero-order chi connectivity index (χ0) is 12.0. The third-order valence-corrected chi connectivity index (χ3v) is 2.00. The summed E-state index contributed by atoms with van der Waals surface area (Å²) in [4.78, 5) is 5.08. The topological polar surface area (TPSA) is 42.1 Å². The summed E-state index contributed by atoms with van der Waals surface area (Å²) in [6.45, 7) is -0.269. The minimum Gasteiger partial charge on any atom is -0.329 e. The van der Waals surface area contributed by atoms with Crippen LogP contribution in [0.15, 0.2) is 24.5 Å². The number of rotatable bonds is 5. The van der Waals surface area contributed by atoms with E-state index in [1.54, 1.807) is 24.5 Å². The summed E-state index contributed by atoms with van der Waals surface area (Å²) in [5, 5.41) is 0. The summed E-state index contributed by atoms with van der Waals surface area (Å²) in [7, 11) is 0. The summed E-state index contributed by atoms with van der Waals surface area (Å²) in [5.74, 6) is 0. The number of hydrogen-bond acceptors (Lipinski definition) is 3. The van der Waals surface area contributed by atoms with Crippen molar-refractivity contribution >= 4 is 0 Å². The van der Waals surface area contributed by atoms with Crippen molar-refractivity contribution in [2.75, 3.05) is 19.6 Å². The highest BCUT2D eigenvalue weighted by atomic mass is 19.4. The molecule has 6 heteroatoms. The van der Waals surface area contributed by atoms with Crippen LogP contribution in [0.25, 0.3) is 0 Å². The minimum atomic E-state index is -4.19. The Labute approximate surface area is 92.1 Å². The molecule has 16 heavy (non-hydrogen) atoms. The minimum absolute atomic E-state index is 0.209. The first-order valence-corrected chi connectivity index (χ1v) is 4.89. The van der Waals surface area contributed by atoms with E-state index < -0.39 is 12.7 Å². The smallest absolute Gasteiger partial charge is 0.329 e. The zero-order valence-electron chi connectivity index (χ0n) is 8.74. The largest absolute Gasteiger partial charge is 0.401 e. The summed E-state index contributed by atoms with van der Waals surface area (Å²) in [5.41, 5.74) is 6.08. The maximum atomic E-state index is 12.2. The fraction of sp³-hybridized carbons (Fsp3) is 0.500. The van der Waals surface area contributed by atoms with Crippen molar-refractivity contribution in [2.24, 2.45) is 5.73 Å². The zero-order valence-corrected chi connectivity index (χ0v) is 8.74. The Hall–Kier alpha value is -1.14. The highest BCUT2D eigenvalue weighted by Gasteiger charge is 2.30. The monoisotopic (exact) mass is 233 g/mol. The molecular formula is C10H14F3N3. The molecule has 0 fully saturated rings. The van der Waals surface area contributed by atoms with E-state index in [0.717, 1.165) is 5.56 Å². The Bertz CT molecular complexity index is 300. The first kappa shape index (κ1) is 12.9. The van der Waals surface area contributed by atoms with E-state index >= 15 is 0 Å². The first-order chi connectivity index (χ1) is 7.51. The van der Waals surface area contributed by atoms with Crippen molar-refractivity contribution in [3.63, 3.8) is 0 Å². The van der Waals surface area contributed by atoms with Crippen LogP contribution in [0.1, 0.15) is 5.56 Å². The summed E-state index contributed by atoms with van der Waals surface area (Å²) >= 11 is 0. The van der Waals surface area contributed by atoms with Gasteiger partial charge in [0, 0.05) is 32.0 Å². The Morgan fingerprint density at radius 2 is 1.88 bits per heavy atom. The summed E-state index contributed by atoms with van der Waals surface area (Å²) < 4.78 is 36.7. The van der Waals surface area contributed by atoms with E-state index in [2.05, 4.69) is 4.98 Å². The number of halogens is 3. The van der Waals surface area contributed by atoms with Crippen molar-refractivity contribution in [2.45, 2.75) is 12.7 Å². The van der Waals surface area contributed by atoms with E-state index in [4.69, 9.17) is 5.73 Å². The molecule has 0 aliphatic rings. The third-order valence-electron chi connectivity index (χ3n) is 2.00. The molecule has 0 aromatic carbocycles. The number of nitrogens with zero attached hydrogens (tertiary/aromatic N) is 2. The fourth-order valence-electron chi connectivity index (χ4n) is 1.40. The molecular weight excluding hydrogens is 219 g/mol. The Balaban J connectivity index is 2.58. The number of nitrogens with two attached hydrogens (primary N) is 1. The van der Waals surface area contributed by atoms with Gasteiger partial charge < -0.3 is 5.73 Å². The molecule has 0 aliphatic heterocycles. The normalized spacial score (nSPS) is 12.1. The fourth-order valence-corrected chi connectivity index (χ4v) is 1.40. The van der Waals surface area contributed by atoms with Crippen LogP contribution in [-0.2, 0) is 6.54 Å². The van der Waals surface area contributed by atoms with Crippen LogP contribution in [0.5, 0.6) is 0 Å². The van der Waals surface area contributed by atoms with Crippen LogP contribution in [-0.4, -0.2) is 35.7 Å². The molecule has 3 nitrogen and oxygen atoms in total. The van der Waals surface area contributed by atoms with Crippen molar-refractivity contribution in [1.82, 2.24) is 9.88 Å². The van der Waals surface area contributed by atoms with Crippen LogP contribution in [0.2, 0.25) is 0 Å². The van der Waals surface area contributed by atoms with Gasteiger partial charge in [0.2, 0.25) is 0 Å². The number of hydrogen-bond donors (Lipinski definition) is 1. The third kappa shape index (κ3) is 5.09. The Kier molecular flexibility index (Phi) is 4.70. The molecule has 0 unspecified atom stereocenters. The van der Waals surface area contributed by atoms with Gasteiger partial charge >= 0.3 is 6.18 Å². The highest BCUT2D eigenvalue weighted by Crippen LogP contribution is 2.17. The van der Waals surface area contributed by atoms with Crippen LogP contribution >= 0.6 is 0 Å². The lowest BCUT2D eigenvalue weighted by Gasteiger charge is -2.22. The Morgan fingerprint density at radius 3 is 2.38 bits per heavy atom. The molecule has 1 rings (SSSR count). The van der Waals surface area contributed by atoms with Crippen LogP contribution < -0.4 is 5.73 Å². The maximum Gasteiger partial charge on any atom is 0.401 e. The lowest BCUT2D eigenvalue weighted by Crippen LogP contribution is -2.37. The summed E-state index contributed by atoms with van der Waals surface area (Å²) in [6, 6.07) is 3.39. The lowest BCUT2D eigenvalue weighted by molar-refractivity contribution is -0.146. The number of pyridine rings is 1. The molecule has 0 bridgehead atoms. The average Bonchev–Trinajstić information content (AvgIpc) is 2.17. The van der Waals surface area contributed by atoms with Gasteiger partial charge in [-0.3, -0.25) is 9.88 Å². The molecule has 2 N–H and O–H groups in total. The van der Waals surface area contributed by atoms with Gasteiger partial charge in [-0.05, 0) is 17.7 Å². The molecule has 0 radical (unpaired) electrons. The van der Waals surface area contributed by atoms with Gasteiger partial charge in [-0.2, -0.15) is 13.2 Å². The Morgan fingerprint density at radius 1 is 1.25 bits per heavy atom. The van der Waals surface area contributed by atoms with Gasteiger partial charge in [-0.1, -0.05) is 0 Å². The second-order valence-electron chi connectivity index (χ2n) is 3.47. The standard InChI is InChI=1S/C10H14F3N3/c11-10(12,13)8-16(6-3-14)7-9-1-4-15-5-2-9/h1-2,4-5H,3,6-8,14H2. The van der Waals surface area contributed by atoms with Gasteiger partial charge in [0.05, 0.1) is 6.54 Å². The van der Waals surface area contributed by atoms with Crippen LogP contribution in [0.4, 0.5) is 13.2 Å². The van der Waals surface area contributed by atoms with Crippen molar-refractivity contribution < 1.29 is 13.2 Å². The predicted octanol–water partition coefficient (Wildman–Crippen LogP) is 1.40. The second kappa shape index (κ2) is 5.81. The van der Waals surface area contributed by atoms with E-state index in [1.807, 2.05) is 0 Å². The molecule has 1 aromatic rings. The quantitative estimate of drug-likeness (QED) is 0.836. The molecule has 1 aromatic heterocycles. The summed E-state index contributed by atoms with van der Waals surface area (Å²) in [6.07, 6.45) is -1.07. The van der Waals surface area contributed by atoms with Gasteiger partial charge in [0.15, 0.2) is 0 Å². The first-order valence-electron chi connectivity index (χ1n) is 4.89. The van der Waals surface area contributed by atoms with Gasteiger partial charge in [-0.15, -0.1) is 0 Å². The average molecular weight is 233 g/mol. The molecule has 0 atom stereocenters. The SMILES string of the molecule is NCCN(Cc1ccncc1)CC(F)(F)F. The molecule has 0 saturated carbocycles. The molecule has 90 valence electrons. The van der Waals surface area contributed by atoms with Crippen molar-refractivity contribution in [3.05, 3.63) is 30.1 Å². The molecule has 1 heterocycles. The van der Waals surface area contributed by atoms with E-state index in [-0.39, 0.29) is 19.6 Å². The van der Waals surface area contributed by atoms with Crippen LogP contribution in [0, 0.1) is 0 Å². The van der Waals surface area contributed by atoms with E-state index in [1.165, 1.54) is 4.90 Å². The molecule has 0 saturated heterocycles. The molecule has 0 amide bonds.